The zero-order valence-electron chi connectivity index (χ0n) is 14.3. The van der Waals surface area contributed by atoms with Crippen molar-refractivity contribution < 1.29 is 0 Å². The van der Waals surface area contributed by atoms with Crippen molar-refractivity contribution in [3.8, 4) is 0 Å². The van der Waals surface area contributed by atoms with Gasteiger partial charge >= 0.3 is 0 Å². The fourth-order valence-electron chi connectivity index (χ4n) is 3.33. The fraction of sp³-hybridized carbons (Fsp3) is 0.333. The van der Waals surface area contributed by atoms with Crippen LogP contribution in [0.1, 0.15) is 28.2 Å². The van der Waals surface area contributed by atoms with Crippen LogP contribution in [-0.2, 0) is 12.8 Å². The van der Waals surface area contributed by atoms with Crippen molar-refractivity contribution in [2.45, 2.75) is 23.7 Å². The Labute approximate surface area is 144 Å². The molecule has 0 radical (unpaired) electrons. The molecule has 0 saturated heterocycles. The van der Waals surface area contributed by atoms with Crippen LogP contribution in [0.3, 0.4) is 0 Å². The van der Waals surface area contributed by atoms with Gasteiger partial charge in [0.15, 0.2) is 0 Å². The zero-order valence-corrected chi connectivity index (χ0v) is 15.1. The maximum atomic E-state index is 2.40. The number of likely N-dealkylation sites (N-methyl/N-ethyl adjacent to an activating group) is 1. The maximum absolute atomic E-state index is 2.40. The third-order valence-electron chi connectivity index (χ3n) is 4.54. The number of aryl methyl sites for hydroxylation is 2. The first-order valence-corrected chi connectivity index (χ1v) is 9.47. The Morgan fingerprint density at radius 1 is 1.04 bits per heavy atom. The van der Waals surface area contributed by atoms with E-state index in [4.69, 9.17) is 0 Å². The van der Waals surface area contributed by atoms with Gasteiger partial charge in [0, 0.05) is 17.4 Å². The van der Waals surface area contributed by atoms with Crippen molar-refractivity contribution in [1.82, 2.24) is 4.90 Å². The van der Waals surface area contributed by atoms with Crippen molar-refractivity contribution in [2.75, 3.05) is 26.9 Å². The van der Waals surface area contributed by atoms with Crippen molar-refractivity contribution in [2.24, 2.45) is 0 Å². The summed E-state index contributed by atoms with van der Waals surface area (Å²) in [5.41, 5.74) is 5.95. The molecule has 1 unspecified atom stereocenters. The molecule has 1 aliphatic carbocycles. The van der Waals surface area contributed by atoms with E-state index in [0.717, 1.165) is 19.4 Å². The molecule has 1 aliphatic rings. The second-order valence-electron chi connectivity index (χ2n) is 6.43. The van der Waals surface area contributed by atoms with E-state index in [0.29, 0.717) is 5.92 Å². The molecule has 1 nitrogen and oxygen atoms in total. The maximum Gasteiger partial charge on any atom is 0.0275 e. The van der Waals surface area contributed by atoms with Gasteiger partial charge in [-0.25, -0.2) is 0 Å². The second-order valence-corrected chi connectivity index (χ2v) is 7.31. The Balaban J connectivity index is 2.08. The smallest absolute Gasteiger partial charge is 0.0275 e. The zero-order chi connectivity index (χ0) is 16.2. The number of thioether (sulfide) groups is 1. The highest BCUT2D eigenvalue weighted by molar-refractivity contribution is 7.98. The van der Waals surface area contributed by atoms with Crippen LogP contribution in [0, 0.1) is 0 Å². The molecule has 3 rings (SSSR count). The summed E-state index contributed by atoms with van der Waals surface area (Å²) in [5, 5.41) is 0. The lowest BCUT2D eigenvalue weighted by Crippen LogP contribution is -2.11. The predicted octanol–water partition coefficient (Wildman–Crippen LogP) is 4.76. The van der Waals surface area contributed by atoms with Crippen molar-refractivity contribution >= 4 is 11.8 Å². The average Bonchev–Trinajstić information content (AvgIpc) is 2.71. The lowest BCUT2D eigenvalue weighted by molar-refractivity contribution is 0.456. The molecule has 0 N–H and O–H groups in total. The normalized spacial score (nSPS) is 17.1. The van der Waals surface area contributed by atoms with Gasteiger partial charge in [-0.1, -0.05) is 42.5 Å². The highest BCUT2D eigenvalue weighted by Crippen LogP contribution is 2.36. The van der Waals surface area contributed by atoms with Crippen LogP contribution in [0.2, 0.25) is 0 Å². The van der Waals surface area contributed by atoms with Crippen LogP contribution in [-0.4, -0.2) is 31.8 Å². The minimum atomic E-state index is 0.371. The molecule has 0 bridgehead atoms. The first-order chi connectivity index (χ1) is 11.2. The van der Waals surface area contributed by atoms with E-state index in [1.807, 2.05) is 11.8 Å². The third-order valence-corrected chi connectivity index (χ3v) is 5.27. The quantitative estimate of drug-likeness (QED) is 0.590. The van der Waals surface area contributed by atoms with E-state index in [-0.39, 0.29) is 0 Å². The van der Waals surface area contributed by atoms with E-state index in [1.165, 1.54) is 27.1 Å². The molecule has 0 aromatic heterocycles. The van der Waals surface area contributed by atoms with E-state index in [1.54, 1.807) is 0 Å². The monoisotopic (exact) mass is 323 g/mol. The Hall–Kier alpha value is -1.51. The van der Waals surface area contributed by atoms with E-state index < -0.39 is 0 Å². The van der Waals surface area contributed by atoms with Crippen molar-refractivity contribution in [3.63, 3.8) is 0 Å². The Morgan fingerprint density at radius 2 is 1.78 bits per heavy atom. The number of allylic oxidation sites excluding steroid dienone is 1. The molecule has 0 heterocycles. The molecule has 0 aliphatic heterocycles. The Kier molecular flexibility index (Phi) is 5.24. The molecule has 2 heteroatoms. The average molecular weight is 324 g/mol. The minimum absolute atomic E-state index is 0.371. The fourth-order valence-corrected chi connectivity index (χ4v) is 3.78. The first-order valence-electron chi connectivity index (χ1n) is 8.25. The number of benzene rings is 2. The lowest BCUT2D eigenvalue weighted by Gasteiger charge is -2.18. The molecule has 0 fully saturated rings. The van der Waals surface area contributed by atoms with Crippen LogP contribution < -0.4 is 0 Å². The van der Waals surface area contributed by atoms with Crippen LogP contribution >= 0.6 is 11.8 Å². The van der Waals surface area contributed by atoms with Gasteiger partial charge < -0.3 is 4.90 Å². The molecular formula is C21H25NS. The highest BCUT2D eigenvalue weighted by atomic mass is 32.2. The van der Waals surface area contributed by atoms with E-state index >= 15 is 0 Å². The van der Waals surface area contributed by atoms with Crippen molar-refractivity contribution in [1.29, 1.82) is 0 Å². The molecule has 120 valence electrons. The van der Waals surface area contributed by atoms with Crippen molar-refractivity contribution in [3.05, 3.63) is 76.9 Å². The van der Waals surface area contributed by atoms with Crippen LogP contribution in [0.4, 0.5) is 0 Å². The van der Waals surface area contributed by atoms with Gasteiger partial charge in [0.25, 0.3) is 0 Å². The van der Waals surface area contributed by atoms with Gasteiger partial charge in [-0.2, -0.15) is 0 Å². The molecular weight excluding hydrogens is 298 g/mol. The number of hydrogen-bond donors (Lipinski definition) is 0. The van der Waals surface area contributed by atoms with Gasteiger partial charge in [0.1, 0.15) is 0 Å². The summed E-state index contributed by atoms with van der Waals surface area (Å²) < 4.78 is 0. The molecule has 2 aromatic carbocycles. The molecule has 23 heavy (non-hydrogen) atoms. The Bertz CT molecular complexity index is 703. The summed E-state index contributed by atoms with van der Waals surface area (Å²) in [4.78, 5) is 3.56. The number of hydrogen-bond acceptors (Lipinski definition) is 2. The molecule has 0 spiro atoms. The summed E-state index contributed by atoms with van der Waals surface area (Å²) in [7, 11) is 4.23. The number of fused-ring (bicyclic) bond motifs is 2. The largest absolute Gasteiger partial charge is 0.306 e. The van der Waals surface area contributed by atoms with Gasteiger partial charge in [-0.05, 0) is 67.6 Å². The SMILES string of the molecule is CSc1ccc2c(c1)C(/C=C\CN(C)C)c1ccccc1CC2. The summed E-state index contributed by atoms with van der Waals surface area (Å²) in [5.74, 6) is 0.371. The van der Waals surface area contributed by atoms with Crippen LogP contribution in [0.25, 0.3) is 0 Å². The highest BCUT2D eigenvalue weighted by Gasteiger charge is 2.21. The second kappa shape index (κ2) is 7.37. The summed E-state index contributed by atoms with van der Waals surface area (Å²) in [6.45, 7) is 0.982. The number of nitrogens with zero attached hydrogens (tertiary/aromatic N) is 1. The van der Waals surface area contributed by atoms with E-state index in [9.17, 15) is 0 Å². The molecule has 0 amide bonds. The molecule has 2 aromatic rings. The Morgan fingerprint density at radius 3 is 2.52 bits per heavy atom. The van der Waals surface area contributed by atoms with Gasteiger partial charge in [-0.3, -0.25) is 0 Å². The predicted molar refractivity (Wildman–Crippen MR) is 102 cm³/mol. The standard InChI is InChI=1S/C21H25NS/c1-22(2)14-6-9-20-19-8-5-4-7-16(19)10-11-17-12-13-18(23-3)15-21(17)20/h4-9,12-13,15,20H,10-11,14H2,1-3H3/b9-6-. The van der Waals surface area contributed by atoms with Crippen LogP contribution in [0.5, 0.6) is 0 Å². The lowest BCUT2D eigenvalue weighted by atomic mass is 9.88. The third kappa shape index (κ3) is 3.70. The summed E-state index contributed by atoms with van der Waals surface area (Å²) in [6.07, 6.45) is 9.14. The van der Waals surface area contributed by atoms with E-state index in [2.05, 4.69) is 79.9 Å². The van der Waals surface area contributed by atoms with Gasteiger partial charge in [-0.15, -0.1) is 11.8 Å². The molecule has 1 atom stereocenters. The molecule has 0 saturated carbocycles. The summed E-state index contributed by atoms with van der Waals surface area (Å²) in [6, 6.07) is 15.9. The first kappa shape index (κ1) is 16.4. The topological polar surface area (TPSA) is 3.24 Å². The number of rotatable bonds is 4. The minimum Gasteiger partial charge on any atom is -0.306 e. The van der Waals surface area contributed by atoms with Crippen LogP contribution in [0.15, 0.2) is 59.5 Å². The van der Waals surface area contributed by atoms with Gasteiger partial charge in [0.05, 0.1) is 0 Å². The summed E-state index contributed by atoms with van der Waals surface area (Å²) >= 11 is 1.83. The van der Waals surface area contributed by atoms with Gasteiger partial charge in [0.2, 0.25) is 0 Å².